The van der Waals surface area contributed by atoms with Gasteiger partial charge in [-0.1, -0.05) is 13.8 Å². The van der Waals surface area contributed by atoms with Crippen LogP contribution in [-0.2, 0) is 16.1 Å². The monoisotopic (exact) mass is 703 g/mol. The number of hydrogen-bond donors (Lipinski definition) is 1. The Hall–Kier alpha value is -3.26. The molecule has 1 fully saturated rings. The molecule has 4 aliphatic rings. The molecule has 2 N–H and O–H groups in total. The number of likely N-dealkylation sites (N-methyl/N-ethyl adjacent to an activating group) is 1. The number of benzene rings is 1. The van der Waals surface area contributed by atoms with Crippen LogP contribution >= 0.6 is 27.7 Å². The van der Waals surface area contributed by atoms with Gasteiger partial charge in [0.2, 0.25) is 12.7 Å². The maximum absolute atomic E-state index is 13.6. The van der Waals surface area contributed by atoms with E-state index in [1.807, 2.05) is 42.4 Å². The van der Waals surface area contributed by atoms with Crippen LogP contribution in [0.1, 0.15) is 60.3 Å². The largest absolute Gasteiger partial charge is 0.454 e. The van der Waals surface area contributed by atoms with Gasteiger partial charge in [0.15, 0.2) is 34.0 Å². The number of halogens is 1. The molecule has 2 amide bonds. The van der Waals surface area contributed by atoms with Gasteiger partial charge in [0.1, 0.15) is 11.6 Å². The van der Waals surface area contributed by atoms with Crippen molar-refractivity contribution in [2.24, 2.45) is 11.8 Å². The zero-order valence-electron chi connectivity index (χ0n) is 26.7. The standard InChI is InChI=1S/C31H42BrN7O5S/c1-18(2)13-21(37(6)30(41)44-31(3,4)5)28(40)38-10-7-19(8-11-38)9-12-39-16-34-26(33)25-27(39)36-29(35-25)45-24-15-23-22(14-20(24)32)42-17-43-23/h14-16,18-19,21H,7-13,17,33H2,1-6H3/t21-/m0/s1. The van der Waals surface area contributed by atoms with E-state index in [2.05, 4.69) is 39.7 Å². The van der Waals surface area contributed by atoms with Crippen LogP contribution in [0, 0.1) is 11.8 Å². The fourth-order valence-corrected chi connectivity index (χ4v) is 6.88. The lowest BCUT2D eigenvalue weighted by atomic mass is 9.92. The number of carbonyl (C=O) groups is 2. The second-order valence-corrected chi connectivity index (χ2v) is 14.9. The molecule has 0 bridgehead atoms. The molecular weight excluding hydrogens is 662 g/mol. The lowest BCUT2D eigenvalue weighted by Gasteiger charge is -2.37. The topological polar surface area (TPSA) is 138 Å². The number of anilines is 1. The van der Waals surface area contributed by atoms with Crippen molar-refractivity contribution in [2.45, 2.75) is 88.5 Å². The molecule has 1 atom stereocenters. The molecule has 5 rings (SSSR count). The molecule has 0 spiro atoms. The Morgan fingerprint density at radius 3 is 2.53 bits per heavy atom. The maximum Gasteiger partial charge on any atom is 0.410 e. The Balaban J connectivity index is 1.20. The molecule has 1 aromatic rings. The molecule has 244 valence electrons. The van der Waals surface area contributed by atoms with Gasteiger partial charge >= 0.3 is 6.09 Å². The van der Waals surface area contributed by atoms with Crippen molar-refractivity contribution in [3.63, 3.8) is 0 Å². The van der Waals surface area contributed by atoms with Crippen LogP contribution in [0.5, 0.6) is 11.5 Å². The summed E-state index contributed by atoms with van der Waals surface area (Å²) >= 11 is 5.02. The highest BCUT2D eigenvalue weighted by Gasteiger charge is 2.35. The number of amides is 2. The van der Waals surface area contributed by atoms with E-state index in [0.717, 1.165) is 28.6 Å². The first-order valence-corrected chi connectivity index (χ1v) is 16.9. The van der Waals surface area contributed by atoms with Gasteiger partial charge in [-0.25, -0.2) is 19.7 Å². The highest BCUT2D eigenvalue weighted by Crippen LogP contribution is 2.43. The third-order valence-corrected chi connectivity index (χ3v) is 9.77. The van der Waals surface area contributed by atoms with Crippen molar-refractivity contribution in [1.82, 2.24) is 29.3 Å². The first kappa shape index (κ1) is 33.1. The Morgan fingerprint density at radius 2 is 1.87 bits per heavy atom. The summed E-state index contributed by atoms with van der Waals surface area (Å²) < 4.78 is 19.4. The molecule has 45 heavy (non-hydrogen) atoms. The summed E-state index contributed by atoms with van der Waals surface area (Å²) in [5.41, 5.74) is 6.13. The van der Waals surface area contributed by atoms with Crippen molar-refractivity contribution in [3.8, 4) is 23.0 Å². The van der Waals surface area contributed by atoms with Gasteiger partial charge in [-0.05, 0) is 98.1 Å². The number of piperidine rings is 1. The number of aromatic nitrogens is 4. The van der Waals surface area contributed by atoms with Crippen LogP contribution in [0.2, 0.25) is 0 Å². The third kappa shape index (κ3) is 7.94. The van der Waals surface area contributed by atoms with Crippen LogP contribution in [-0.4, -0.2) is 79.9 Å². The van der Waals surface area contributed by atoms with Crippen LogP contribution in [0.4, 0.5) is 10.6 Å². The molecule has 4 heterocycles. The van der Waals surface area contributed by atoms with Crippen molar-refractivity contribution in [2.75, 3.05) is 32.7 Å². The van der Waals surface area contributed by atoms with Gasteiger partial charge in [0.05, 0.1) is 6.33 Å². The van der Waals surface area contributed by atoms with E-state index >= 15 is 0 Å². The summed E-state index contributed by atoms with van der Waals surface area (Å²) in [6, 6.07) is 3.24. The third-order valence-electron chi connectivity index (χ3n) is 7.93. The van der Waals surface area contributed by atoms with Crippen LogP contribution in [0.15, 0.2) is 33.0 Å². The van der Waals surface area contributed by atoms with Crippen LogP contribution in [0.3, 0.4) is 0 Å². The quantitative estimate of drug-likeness (QED) is 0.286. The second-order valence-electron chi connectivity index (χ2n) is 13.0. The molecule has 0 aromatic heterocycles. The number of rotatable bonds is 9. The number of hydrogen-bond acceptors (Lipinski definition) is 10. The van der Waals surface area contributed by atoms with E-state index in [4.69, 9.17) is 24.9 Å². The minimum absolute atomic E-state index is 0.0134. The number of imidazole rings is 1. The van der Waals surface area contributed by atoms with Crippen molar-refractivity contribution < 1.29 is 23.8 Å². The summed E-state index contributed by atoms with van der Waals surface area (Å²) in [5, 5.41) is 0.567. The molecule has 0 unspecified atom stereocenters. The first-order chi connectivity index (χ1) is 21.3. The highest BCUT2D eigenvalue weighted by molar-refractivity contribution is 9.10. The number of likely N-dealkylation sites (tertiary alicyclic amines) is 1. The van der Waals surface area contributed by atoms with E-state index < -0.39 is 17.7 Å². The number of fused-ring (bicyclic) bond motifs is 2. The average molecular weight is 705 g/mol. The number of nitrogens with two attached hydrogens (primary N) is 1. The van der Waals surface area contributed by atoms with Crippen LogP contribution < -0.4 is 15.2 Å². The number of nitrogens with zero attached hydrogens (tertiary/aromatic N) is 6. The summed E-state index contributed by atoms with van der Waals surface area (Å²) in [6.07, 6.45) is 4.50. The summed E-state index contributed by atoms with van der Waals surface area (Å²) in [7, 11) is 1.66. The molecule has 0 radical (unpaired) electrons. The number of aryl methyl sites for hydroxylation is 1. The van der Waals surface area contributed by atoms with E-state index in [1.165, 1.54) is 16.7 Å². The smallest absolute Gasteiger partial charge is 0.410 e. The van der Waals surface area contributed by atoms with Gasteiger partial charge in [0.25, 0.3) is 0 Å². The maximum atomic E-state index is 13.6. The van der Waals surface area contributed by atoms with E-state index in [1.54, 1.807) is 13.4 Å². The zero-order valence-corrected chi connectivity index (χ0v) is 29.1. The second kappa shape index (κ2) is 13.6. The Labute approximate surface area is 276 Å². The minimum Gasteiger partial charge on any atom is -0.454 e. The van der Waals surface area contributed by atoms with Gasteiger partial charge in [0, 0.05) is 36.1 Å². The van der Waals surface area contributed by atoms with Crippen molar-refractivity contribution >= 4 is 45.5 Å². The lowest BCUT2D eigenvalue weighted by molar-refractivity contribution is -0.138. The van der Waals surface area contributed by atoms with E-state index in [-0.39, 0.29) is 18.6 Å². The summed E-state index contributed by atoms with van der Waals surface area (Å²) in [4.78, 5) is 44.6. The van der Waals surface area contributed by atoms with Crippen molar-refractivity contribution in [1.29, 1.82) is 0 Å². The fraction of sp³-hybridized carbons (Fsp3) is 0.581. The fourth-order valence-electron chi connectivity index (χ4n) is 5.53. The van der Waals surface area contributed by atoms with E-state index in [0.29, 0.717) is 66.0 Å². The number of ether oxygens (including phenoxy) is 3. The average Bonchev–Trinajstić information content (AvgIpc) is 3.61. The predicted molar refractivity (Wildman–Crippen MR) is 174 cm³/mol. The normalized spacial score (nSPS) is 16.0. The molecule has 4 aliphatic heterocycles. The van der Waals surface area contributed by atoms with E-state index in [9.17, 15) is 9.59 Å². The predicted octanol–water partition coefficient (Wildman–Crippen LogP) is 5.91. The molecule has 12 nitrogen and oxygen atoms in total. The van der Waals surface area contributed by atoms with Gasteiger partial charge < -0.3 is 29.4 Å². The molecule has 1 saturated heterocycles. The molecule has 1 aromatic carbocycles. The van der Waals surface area contributed by atoms with Gasteiger partial charge in [-0.2, -0.15) is 0 Å². The van der Waals surface area contributed by atoms with Gasteiger partial charge in [-0.15, -0.1) is 0 Å². The lowest BCUT2D eigenvalue weighted by Crippen LogP contribution is -2.52. The molecule has 0 saturated carbocycles. The Bertz CT molecular complexity index is 1500. The molecule has 0 aliphatic carbocycles. The summed E-state index contributed by atoms with van der Waals surface area (Å²) in [6.45, 7) is 11.8. The van der Waals surface area contributed by atoms with Crippen molar-refractivity contribution in [3.05, 3.63) is 22.9 Å². The summed E-state index contributed by atoms with van der Waals surface area (Å²) in [5.74, 6) is 3.08. The molecule has 14 heteroatoms. The first-order valence-electron chi connectivity index (χ1n) is 15.3. The minimum atomic E-state index is -0.628. The molecular formula is C31H42BrN7O5S. The number of carbonyl (C=O) groups excluding carboxylic acids is 2. The number of nitrogen functional groups attached to an aromatic ring is 1. The zero-order chi connectivity index (χ0) is 32.5. The van der Waals surface area contributed by atoms with Crippen LogP contribution in [0.25, 0.3) is 11.5 Å². The SMILES string of the molecule is CC(C)C[C@@H](C(=O)N1CCC(CCn2cnc(N)c3nc(Sc4cc5c(cc4Br)OCO5)nc2-3)CC1)N(C)C(=O)OC(C)(C)C. The highest BCUT2D eigenvalue weighted by atomic mass is 79.9. The Kier molecular flexibility index (Phi) is 10.0. The van der Waals surface area contributed by atoms with Gasteiger partial charge in [-0.3, -0.25) is 9.69 Å². The Morgan fingerprint density at radius 1 is 1.18 bits per heavy atom.